The number of nitrogens with one attached hydrogen (secondary N) is 6. The highest BCUT2D eigenvalue weighted by molar-refractivity contribution is 5.99. The minimum absolute atomic E-state index is 0.0615. The number of benzene rings is 1. The van der Waals surface area contributed by atoms with Crippen LogP contribution in [-0.4, -0.2) is 114 Å². The Balaban J connectivity index is 3.40. The fraction of sp³-hybridized carbons (Fsp3) is 0.500. The van der Waals surface area contributed by atoms with Crippen LogP contribution < -0.4 is 60.6 Å². The van der Waals surface area contributed by atoms with Crippen molar-refractivity contribution in [1.82, 2.24) is 31.9 Å². The van der Waals surface area contributed by atoms with Gasteiger partial charge in [0.2, 0.25) is 47.3 Å². The van der Waals surface area contributed by atoms with E-state index in [2.05, 4.69) is 36.9 Å². The Kier molecular flexibility index (Phi) is 19.7. The first-order valence-corrected chi connectivity index (χ1v) is 16.7. The van der Waals surface area contributed by atoms with E-state index >= 15 is 0 Å². The van der Waals surface area contributed by atoms with Crippen LogP contribution in [0.4, 0.5) is 0 Å². The molecule has 22 heteroatoms. The van der Waals surface area contributed by atoms with Crippen molar-refractivity contribution in [2.24, 2.45) is 39.6 Å². The molecule has 22 nitrogen and oxygen atoms in total. The normalized spacial score (nSPS) is 13.4. The van der Waals surface area contributed by atoms with Gasteiger partial charge in [0.25, 0.3) is 0 Å². The lowest BCUT2D eigenvalue weighted by Gasteiger charge is -2.27. The molecule has 5 atom stereocenters. The third-order valence-corrected chi connectivity index (χ3v) is 7.45. The molecule has 0 radical (unpaired) electrons. The molecule has 1 aromatic carbocycles. The lowest BCUT2D eigenvalue weighted by molar-refractivity contribution is -0.143. The van der Waals surface area contributed by atoms with Gasteiger partial charge in [-0.15, -0.1) is 0 Å². The van der Waals surface area contributed by atoms with E-state index in [1.165, 1.54) is 0 Å². The lowest BCUT2D eigenvalue weighted by Crippen LogP contribution is -2.60. The summed E-state index contributed by atoms with van der Waals surface area (Å²) in [5.41, 5.74) is 27.0. The maximum Gasteiger partial charge on any atom is 0.326 e. The molecule has 0 spiro atoms. The quantitative estimate of drug-likeness (QED) is 0.0266. The average molecular weight is 763 g/mol. The van der Waals surface area contributed by atoms with Crippen molar-refractivity contribution < 1.29 is 48.3 Å². The summed E-state index contributed by atoms with van der Waals surface area (Å²) in [4.78, 5) is 117. The molecule has 8 amide bonds. The van der Waals surface area contributed by atoms with Gasteiger partial charge in [0, 0.05) is 13.0 Å². The number of aliphatic carboxylic acids is 1. The fourth-order valence-corrected chi connectivity index (χ4v) is 4.73. The van der Waals surface area contributed by atoms with Crippen LogP contribution in [0.15, 0.2) is 35.3 Å². The van der Waals surface area contributed by atoms with Crippen molar-refractivity contribution in [3.8, 4) is 0 Å². The molecule has 1 aromatic rings. The molecule has 0 aliphatic carbocycles. The highest BCUT2D eigenvalue weighted by atomic mass is 16.4. The molecular formula is C32H50N12O10. The fourth-order valence-electron chi connectivity index (χ4n) is 4.73. The molecule has 54 heavy (non-hydrogen) atoms. The topological polar surface area (TPSA) is 388 Å². The van der Waals surface area contributed by atoms with Gasteiger partial charge < -0.3 is 65.7 Å². The number of nitrogens with two attached hydrogens (primary N) is 5. The third-order valence-electron chi connectivity index (χ3n) is 7.45. The van der Waals surface area contributed by atoms with Crippen LogP contribution in [0.5, 0.6) is 0 Å². The monoisotopic (exact) mass is 762 g/mol. The Morgan fingerprint density at radius 3 is 1.69 bits per heavy atom. The SMILES string of the molecule is CC(C)[C@H](NC(=O)[C@H](CCCN=C(N)N)NC(=O)[C@H](Cc1ccccc1)NC(=O)[C@H](CC(N)=O)NC(=O)[C@H](CC(N)=O)NC(=O)CNC(=O)CN)C(=O)O. The summed E-state index contributed by atoms with van der Waals surface area (Å²) >= 11 is 0. The molecule has 0 aliphatic heterocycles. The second-order valence-corrected chi connectivity index (χ2v) is 12.3. The first kappa shape index (κ1) is 45.7. The summed E-state index contributed by atoms with van der Waals surface area (Å²) in [7, 11) is 0. The third kappa shape index (κ3) is 17.7. The number of aliphatic imine (C=N–C) groups is 1. The van der Waals surface area contributed by atoms with Crippen LogP contribution in [0.1, 0.15) is 45.1 Å². The van der Waals surface area contributed by atoms with Gasteiger partial charge in [0.1, 0.15) is 30.2 Å². The minimum atomic E-state index is -1.76. The number of carbonyl (C=O) groups is 9. The Bertz CT molecular complexity index is 1540. The van der Waals surface area contributed by atoms with Gasteiger partial charge in [0.15, 0.2) is 5.96 Å². The maximum atomic E-state index is 13.8. The van der Waals surface area contributed by atoms with Crippen LogP contribution in [0, 0.1) is 5.92 Å². The van der Waals surface area contributed by atoms with Crippen molar-refractivity contribution >= 4 is 59.2 Å². The summed E-state index contributed by atoms with van der Waals surface area (Å²) in [6.07, 6.45) is -1.62. The number of carboxylic acids is 1. The summed E-state index contributed by atoms with van der Waals surface area (Å²) in [5, 5.41) is 23.6. The van der Waals surface area contributed by atoms with E-state index < -0.39 is 115 Å². The van der Waals surface area contributed by atoms with Crippen LogP contribution >= 0.6 is 0 Å². The van der Waals surface area contributed by atoms with Crippen LogP contribution in [0.25, 0.3) is 0 Å². The van der Waals surface area contributed by atoms with Crippen LogP contribution in [0.2, 0.25) is 0 Å². The first-order valence-electron chi connectivity index (χ1n) is 16.7. The lowest BCUT2D eigenvalue weighted by atomic mass is 10.0. The minimum Gasteiger partial charge on any atom is -0.480 e. The Morgan fingerprint density at radius 1 is 0.685 bits per heavy atom. The predicted molar refractivity (Wildman–Crippen MR) is 192 cm³/mol. The summed E-state index contributed by atoms with van der Waals surface area (Å²) in [5.74, 6) is -9.75. The van der Waals surface area contributed by atoms with Gasteiger partial charge in [-0.25, -0.2) is 4.79 Å². The van der Waals surface area contributed by atoms with Crippen molar-refractivity contribution in [2.75, 3.05) is 19.6 Å². The molecule has 0 heterocycles. The van der Waals surface area contributed by atoms with E-state index in [-0.39, 0.29) is 31.8 Å². The molecule has 0 aromatic heterocycles. The maximum absolute atomic E-state index is 13.8. The standard InChI is InChI=1S/C32H50N12O10/c1-16(2)26(31(53)54)44-27(49)18(9-6-10-38-32(36)37)41-28(50)19(11-17-7-4-3-5-8-17)42-30(52)21(13-23(35)46)43-29(51)20(12-22(34)45)40-25(48)15-39-24(47)14-33/h3-5,7-8,16,18-21,26H,6,9-15,33H2,1-2H3,(H2,34,45)(H2,35,46)(H,39,47)(H,40,48)(H,41,50)(H,42,52)(H,43,51)(H,44,49)(H,53,54)(H4,36,37,38)/t18-,19-,20-,21-,26-/m0/s1. The van der Waals surface area contributed by atoms with E-state index in [9.17, 15) is 48.3 Å². The van der Waals surface area contributed by atoms with E-state index in [1.54, 1.807) is 44.2 Å². The van der Waals surface area contributed by atoms with E-state index in [0.29, 0.717) is 5.56 Å². The molecular weight excluding hydrogens is 712 g/mol. The highest BCUT2D eigenvalue weighted by Crippen LogP contribution is 2.09. The molecule has 0 aliphatic rings. The van der Waals surface area contributed by atoms with Crippen molar-refractivity contribution in [2.45, 2.75) is 76.2 Å². The second-order valence-electron chi connectivity index (χ2n) is 12.3. The second kappa shape index (κ2) is 23.3. The molecule has 1 rings (SSSR count). The number of carbonyl (C=O) groups excluding carboxylic acids is 8. The molecule has 0 bridgehead atoms. The number of guanidine groups is 1. The van der Waals surface area contributed by atoms with Crippen molar-refractivity contribution in [3.63, 3.8) is 0 Å². The molecule has 17 N–H and O–H groups in total. The summed E-state index contributed by atoms with van der Waals surface area (Å²) in [6, 6.07) is 0.770. The zero-order valence-electron chi connectivity index (χ0n) is 30.0. The van der Waals surface area contributed by atoms with E-state index in [4.69, 9.17) is 28.7 Å². The largest absolute Gasteiger partial charge is 0.480 e. The van der Waals surface area contributed by atoms with Gasteiger partial charge in [-0.05, 0) is 24.3 Å². The van der Waals surface area contributed by atoms with Gasteiger partial charge in [-0.3, -0.25) is 43.3 Å². The number of carboxylic acid groups (broad SMARTS) is 1. The average Bonchev–Trinajstić information content (AvgIpc) is 3.09. The van der Waals surface area contributed by atoms with Crippen LogP contribution in [-0.2, 0) is 49.6 Å². The molecule has 0 saturated heterocycles. The molecule has 0 fully saturated rings. The van der Waals surface area contributed by atoms with E-state index in [0.717, 1.165) is 0 Å². The zero-order chi connectivity index (χ0) is 41.0. The smallest absolute Gasteiger partial charge is 0.326 e. The number of hydrogen-bond acceptors (Lipinski definition) is 11. The molecule has 0 unspecified atom stereocenters. The van der Waals surface area contributed by atoms with Crippen molar-refractivity contribution in [3.05, 3.63) is 35.9 Å². The van der Waals surface area contributed by atoms with E-state index in [1.807, 2.05) is 0 Å². The molecule has 0 saturated carbocycles. The number of amides is 8. The first-order chi connectivity index (χ1) is 25.3. The predicted octanol–water partition coefficient (Wildman–Crippen LogP) is -5.73. The Morgan fingerprint density at radius 2 is 1.19 bits per heavy atom. The van der Waals surface area contributed by atoms with Gasteiger partial charge in [-0.2, -0.15) is 0 Å². The summed E-state index contributed by atoms with van der Waals surface area (Å²) in [6.45, 7) is 2.16. The zero-order valence-corrected chi connectivity index (χ0v) is 30.0. The number of hydrogen-bond donors (Lipinski definition) is 12. The highest BCUT2D eigenvalue weighted by Gasteiger charge is 2.34. The van der Waals surface area contributed by atoms with Gasteiger partial charge in [0.05, 0.1) is 25.9 Å². The van der Waals surface area contributed by atoms with Crippen LogP contribution in [0.3, 0.4) is 0 Å². The Labute approximate surface area is 310 Å². The summed E-state index contributed by atoms with van der Waals surface area (Å²) < 4.78 is 0. The number of primary amides is 2. The number of nitrogens with zero attached hydrogens (tertiary/aromatic N) is 1. The van der Waals surface area contributed by atoms with Gasteiger partial charge in [-0.1, -0.05) is 44.2 Å². The number of rotatable bonds is 24. The Hall–Kier alpha value is -6.32. The van der Waals surface area contributed by atoms with Crippen molar-refractivity contribution in [1.29, 1.82) is 0 Å². The molecule has 298 valence electrons. The van der Waals surface area contributed by atoms with Gasteiger partial charge >= 0.3 is 5.97 Å².